The molecule has 0 spiro atoms. The van der Waals surface area contributed by atoms with Gasteiger partial charge in [0.2, 0.25) is 0 Å². The second-order valence-corrected chi connectivity index (χ2v) is 3.35. The number of nitrogens with zero attached hydrogens (tertiary/aromatic N) is 2. The molecule has 0 atom stereocenters. The molecule has 1 N–H and O–H groups in total. The lowest BCUT2D eigenvalue weighted by Crippen LogP contribution is -2.09. The molecule has 5 heteroatoms. The molecule has 0 fully saturated rings. The first-order chi connectivity index (χ1) is 8.27. The Bertz CT molecular complexity index is 412. The maximum Gasteiger partial charge on any atom is 0.305 e. The summed E-state index contributed by atoms with van der Waals surface area (Å²) in [6, 6.07) is 5.55. The van der Waals surface area contributed by atoms with E-state index < -0.39 is 0 Å². The normalized spacial score (nSPS) is 9.41. The summed E-state index contributed by atoms with van der Waals surface area (Å²) < 4.78 is 4.81. The third-order valence-corrected chi connectivity index (χ3v) is 2.09. The first kappa shape index (κ1) is 13.0. The van der Waals surface area contributed by atoms with Crippen LogP contribution in [0.1, 0.15) is 25.5 Å². The van der Waals surface area contributed by atoms with Crippen molar-refractivity contribution in [3.8, 4) is 6.07 Å². The molecule has 1 aromatic heterocycles. The van der Waals surface area contributed by atoms with E-state index in [9.17, 15) is 4.79 Å². The van der Waals surface area contributed by atoms with Crippen molar-refractivity contribution in [3.05, 3.63) is 24.0 Å². The largest absolute Gasteiger partial charge is 0.466 e. The van der Waals surface area contributed by atoms with Crippen LogP contribution in [0.5, 0.6) is 0 Å². The van der Waals surface area contributed by atoms with Crippen LogP contribution in [0.15, 0.2) is 18.3 Å². The van der Waals surface area contributed by atoms with Crippen LogP contribution in [0, 0.1) is 11.3 Å². The molecule has 17 heavy (non-hydrogen) atoms. The third kappa shape index (κ3) is 4.51. The molecule has 0 aromatic carbocycles. The first-order valence-electron chi connectivity index (χ1n) is 5.52. The highest BCUT2D eigenvalue weighted by Gasteiger charge is 2.03. The Hall–Kier alpha value is -2.09. The predicted octanol–water partition coefficient (Wildman–Crippen LogP) is 1.71. The van der Waals surface area contributed by atoms with Crippen molar-refractivity contribution in [1.29, 1.82) is 5.26 Å². The van der Waals surface area contributed by atoms with Crippen LogP contribution in [0.25, 0.3) is 0 Å². The number of carbonyl (C=O) groups excluding carboxylic acids is 1. The molecular weight excluding hydrogens is 218 g/mol. The maximum absolute atomic E-state index is 11.1. The molecule has 1 rings (SSSR count). The molecule has 0 bridgehead atoms. The number of rotatable bonds is 6. The van der Waals surface area contributed by atoms with Gasteiger partial charge in [-0.2, -0.15) is 5.26 Å². The van der Waals surface area contributed by atoms with Crippen LogP contribution in [-0.2, 0) is 9.53 Å². The molecule has 0 aliphatic carbocycles. The van der Waals surface area contributed by atoms with E-state index in [0.717, 1.165) is 0 Å². The maximum atomic E-state index is 11.1. The van der Waals surface area contributed by atoms with Crippen molar-refractivity contribution in [2.24, 2.45) is 0 Å². The number of esters is 1. The minimum Gasteiger partial charge on any atom is -0.466 e. The summed E-state index contributed by atoms with van der Waals surface area (Å²) in [5.41, 5.74) is 1.06. The molecule has 0 aliphatic rings. The predicted molar refractivity (Wildman–Crippen MR) is 63.3 cm³/mol. The number of carbonyl (C=O) groups is 1. The van der Waals surface area contributed by atoms with Gasteiger partial charge in [0.1, 0.15) is 6.07 Å². The number of anilines is 1. The number of nitriles is 1. The van der Waals surface area contributed by atoms with Gasteiger partial charge in [-0.1, -0.05) is 0 Å². The summed E-state index contributed by atoms with van der Waals surface area (Å²) in [5, 5.41) is 11.9. The van der Waals surface area contributed by atoms with Gasteiger partial charge in [0.15, 0.2) is 5.69 Å². The molecule has 1 heterocycles. The van der Waals surface area contributed by atoms with E-state index in [4.69, 9.17) is 10.00 Å². The smallest absolute Gasteiger partial charge is 0.305 e. The molecule has 0 saturated heterocycles. The topological polar surface area (TPSA) is 75.0 Å². The van der Waals surface area contributed by atoms with Crippen molar-refractivity contribution in [2.75, 3.05) is 18.5 Å². The Kier molecular flexibility index (Phi) is 5.52. The first-order valence-corrected chi connectivity index (χ1v) is 5.52. The standard InChI is InChI=1S/C12H15N3O2/c1-2-17-12(16)6-4-8-14-10-5-3-7-15-11(10)9-13/h3,5,7,14H,2,4,6,8H2,1H3. The van der Waals surface area contributed by atoms with Gasteiger partial charge in [-0.05, 0) is 25.5 Å². The van der Waals surface area contributed by atoms with E-state index in [1.807, 2.05) is 6.07 Å². The van der Waals surface area contributed by atoms with Crippen LogP contribution >= 0.6 is 0 Å². The zero-order valence-corrected chi connectivity index (χ0v) is 9.77. The number of nitrogens with one attached hydrogen (secondary N) is 1. The third-order valence-electron chi connectivity index (χ3n) is 2.09. The van der Waals surface area contributed by atoms with Crippen molar-refractivity contribution < 1.29 is 9.53 Å². The Morgan fingerprint density at radius 1 is 1.65 bits per heavy atom. The van der Waals surface area contributed by atoms with E-state index >= 15 is 0 Å². The summed E-state index contributed by atoms with van der Waals surface area (Å²) in [5.74, 6) is -0.194. The Morgan fingerprint density at radius 2 is 2.47 bits per heavy atom. The molecule has 0 amide bonds. The SMILES string of the molecule is CCOC(=O)CCCNc1cccnc1C#N. The fourth-order valence-electron chi connectivity index (χ4n) is 1.33. The van der Waals surface area contributed by atoms with Crippen LogP contribution in [0.2, 0.25) is 0 Å². The van der Waals surface area contributed by atoms with E-state index in [1.165, 1.54) is 0 Å². The number of pyridine rings is 1. The van der Waals surface area contributed by atoms with Crippen molar-refractivity contribution in [3.63, 3.8) is 0 Å². The van der Waals surface area contributed by atoms with E-state index in [1.54, 1.807) is 25.3 Å². The molecule has 5 nitrogen and oxygen atoms in total. The van der Waals surface area contributed by atoms with Gasteiger partial charge in [0.05, 0.1) is 12.3 Å². The molecule has 0 radical (unpaired) electrons. The van der Waals surface area contributed by atoms with Crippen molar-refractivity contribution in [1.82, 2.24) is 4.98 Å². The average molecular weight is 233 g/mol. The Labute approximate surface area is 100 Å². The lowest BCUT2D eigenvalue weighted by Gasteiger charge is -2.06. The molecule has 1 aromatic rings. The number of aromatic nitrogens is 1. The molecule has 0 aliphatic heterocycles. The lowest BCUT2D eigenvalue weighted by molar-refractivity contribution is -0.143. The second kappa shape index (κ2) is 7.23. The average Bonchev–Trinajstić information content (AvgIpc) is 2.35. The van der Waals surface area contributed by atoms with Gasteiger partial charge in [0.25, 0.3) is 0 Å². The number of ether oxygens (including phenoxy) is 1. The van der Waals surface area contributed by atoms with Gasteiger partial charge >= 0.3 is 5.97 Å². The minimum atomic E-state index is -0.194. The zero-order valence-electron chi connectivity index (χ0n) is 9.77. The number of hydrogen-bond donors (Lipinski definition) is 1. The van der Waals surface area contributed by atoms with E-state index in [2.05, 4.69) is 10.3 Å². The number of hydrogen-bond acceptors (Lipinski definition) is 5. The highest BCUT2D eigenvalue weighted by atomic mass is 16.5. The Morgan fingerprint density at radius 3 is 3.18 bits per heavy atom. The van der Waals surface area contributed by atoms with Gasteiger partial charge in [0, 0.05) is 19.2 Å². The van der Waals surface area contributed by atoms with Gasteiger partial charge in [-0.3, -0.25) is 4.79 Å². The fourth-order valence-corrected chi connectivity index (χ4v) is 1.33. The van der Waals surface area contributed by atoms with E-state index in [0.29, 0.717) is 37.4 Å². The van der Waals surface area contributed by atoms with Crippen LogP contribution in [0.4, 0.5) is 5.69 Å². The summed E-state index contributed by atoms with van der Waals surface area (Å²) in [7, 11) is 0. The summed E-state index contributed by atoms with van der Waals surface area (Å²) in [4.78, 5) is 15.0. The molecule has 0 saturated carbocycles. The van der Waals surface area contributed by atoms with Crippen molar-refractivity contribution in [2.45, 2.75) is 19.8 Å². The van der Waals surface area contributed by atoms with Crippen LogP contribution < -0.4 is 5.32 Å². The minimum absolute atomic E-state index is 0.194. The summed E-state index contributed by atoms with van der Waals surface area (Å²) in [6.45, 7) is 2.80. The second-order valence-electron chi connectivity index (χ2n) is 3.35. The molecular formula is C12H15N3O2. The van der Waals surface area contributed by atoms with Crippen molar-refractivity contribution >= 4 is 11.7 Å². The monoisotopic (exact) mass is 233 g/mol. The summed E-state index contributed by atoms with van der Waals surface area (Å²) >= 11 is 0. The van der Waals surface area contributed by atoms with E-state index in [-0.39, 0.29) is 5.97 Å². The zero-order chi connectivity index (χ0) is 12.5. The highest BCUT2D eigenvalue weighted by Crippen LogP contribution is 2.10. The van der Waals surface area contributed by atoms with Crippen LogP contribution in [0.3, 0.4) is 0 Å². The lowest BCUT2D eigenvalue weighted by atomic mass is 10.2. The summed E-state index contributed by atoms with van der Waals surface area (Å²) in [6.07, 6.45) is 2.62. The highest BCUT2D eigenvalue weighted by molar-refractivity contribution is 5.69. The van der Waals surface area contributed by atoms with Gasteiger partial charge in [-0.25, -0.2) is 4.98 Å². The van der Waals surface area contributed by atoms with Gasteiger partial charge in [-0.15, -0.1) is 0 Å². The van der Waals surface area contributed by atoms with Crippen LogP contribution in [-0.4, -0.2) is 24.1 Å². The Balaban J connectivity index is 2.32. The quantitative estimate of drug-likeness (QED) is 0.598. The fraction of sp³-hybridized carbons (Fsp3) is 0.417. The van der Waals surface area contributed by atoms with Gasteiger partial charge < -0.3 is 10.1 Å². The molecule has 0 unspecified atom stereocenters. The molecule has 90 valence electrons.